The molecule has 0 fully saturated rings. The van der Waals surface area contributed by atoms with Crippen LogP contribution in [0.4, 0.5) is 8.78 Å². The maximum Gasteiger partial charge on any atom is 0.250 e. The normalized spacial score (nSPS) is 15.4. The molecule has 2 aromatic rings. The van der Waals surface area contributed by atoms with E-state index in [-0.39, 0.29) is 13.2 Å². The Morgan fingerprint density at radius 2 is 1.88 bits per heavy atom. The molecule has 1 atom stereocenters. The van der Waals surface area contributed by atoms with Gasteiger partial charge in [-0.3, -0.25) is 4.79 Å². The maximum absolute atomic E-state index is 13.3. The third kappa shape index (κ3) is 3.85. The second-order valence-electron chi connectivity index (χ2n) is 6.10. The Morgan fingerprint density at radius 3 is 2.60 bits per heavy atom. The van der Waals surface area contributed by atoms with Gasteiger partial charge in [0, 0.05) is 5.56 Å². The molecule has 3 rings (SSSR count). The summed E-state index contributed by atoms with van der Waals surface area (Å²) in [5, 5.41) is 13.1. The number of benzene rings is 2. The number of aliphatic hydroxyl groups is 1. The summed E-state index contributed by atoms with van der Waals surface area (Å²) < 4.78 is 31.7. The molecule has 2 aromatic carbocycles. The monoisotopic (exact) mass is 345 g/mol. The number of ether oxygens (including phenoxy) is 1. The van der Waals surface area contributed by atoms with Gasteiger partial charge in [-0.2, -0.15) is 0 Å². The molecule has 2 N–H and O–H groups in total. The SMILES string of the molecule is CC(O)(CNC(=O)C1=Cc2cc(F)ccc2OC1)c1ccc(F)cc1. The first-order chi connectivity index (χ1) is 11.8. The number of nitrogens with one attached hydrogen (secondary N) is 1. The average molecular weight is 345 g/mol. The van der Waals surface area contributed by atoms with Gasteiger partial charge in [-0.25, -0.2) is 8.78 Å². The number of rotatable bonds is 4. The van der Waals surface area contributed by atoms with Gasteiger partial charge in [-0.1, -0.05) is 12.1 Å². The lowest BCUT2D eigenvalue weighted by Crippen LogP contribution is -2.40. The Labute approximate surface area is 143 Å². The van der Waals surface area contributed by atoms with Crippen molar-refractivity contribution in [1.82, 2.24) is 5.32 Å². The number of carbonyl (C=O) groups is 1. The van der Waals surface area contributed by atoms with Crippen LogP contribution in [0.2, 0.25) is 0 Å². The third-order valence-electron chi connectivity index (χ3n) is 4.04. The van der Waals surface area contributed by atoms with Crippen LogP contribution in [0.15, 0.2) is 48.0 Å². The van der Waals surface area contributed by atoms with Crippen LogP contribution in [0.25, 0.3) is 6.08 Å². The van der Waals surface area contributed by atoms with Crippen molar-refractivity contribution in [3.05, 3.63) is 70.8 Å². The van der Waals surface area contributed by atoms with Crippen LogP contribution < -0.4 is 10.1 Å². The van der Waals surface area contributed by atoms with Gasteiger partial charge in [0.1, 0.15) is 29.6 Å². The van der Waals surface area contributed by atoms with Crippen LogP contribution in [0.3, 0.4) is 0 Å². The Balaban J connectivity index is 1.69. The van der Waals surface area contributed by atoms with E-state index >= 15 is 0 Å². The standard InChI is InChI=1S/C19H17F2NO3/c1-19(24,14-2-4-15(20)5-3-14)11-22-18(23)13-8-12-9-16(21)6-7-17(12)25-10-13/h2-9,24H,10-11H2,1H3,(H,22,23). The van der Waals surface area contributed by atoms with Gasteiger partial charge >= 0.3 is 0 Å². The summed E-state index contributed by atoms with van der Waals surface area (Å²) in [5.74, 6) is -0.730. The van der Waals surface area contributed by atoms with E-state index < -0.39 is 23.1 Å². The third-order valence-corrected chi connectivity index (χ3v) is 4.04. The summed E-state index contributed by atoms with van der Waals surface area (Å²) in [7, 11) is 0. The van der Waals surface area contributed by atoms with Crippen molar-refractivity contribution in [3.8, 4) is 5.75 Å². The molecule has 6 heteroatoms. The van der Waals surface area contributed by atoms with E-state index in [1.165, 1.54) is 49.4 Å². The summed E-state index contributed by atoms with van der Waals surface area (Å²) >= 11 is 0. The number of hydrogen-bond donors (Lipinski definition) is 2. The van der Waals surface area contributed by atoms with Crippen molar-refractivity contribution in [2.24, 2.45) is 0 Å². The number of fused-ring (bicyclic) bond motifs is 1. The van der Waals surface area contributed by atoms with E-state index in [1.54, 1.807) is 6.08 Å². The molecule has 1 aliphatic heterocycles. The summed E-state index contributed by atoms with van der Waals surface area (Å²) in [6, 6.07) is 9.50. The molecule has 25 heavy (non-hydrogen) atoms. The minimum atomic E-state index is -1.36. The molecule has 0 spiro atoms. The molecule has 1 heterocycles. The van der Waals surface area contributed by atoms with E-state index in [9.17, 15) is 18.7 Å². The first kappa shape index (κ1) is 17.1. The van der Waals surface area contributed by atoms with Crippen molar-refractivity contribution in [1.29, 1.82) is 0 Å². The Morgan fingerprint density at radius 1 is 1.20 bits per heavy atom. The highest BCUT2D eigenvalue weighted by atomic mass is 19.1. The quantitative estimate of drug-likeness (QED) is 0.896. The molecule has 130 valence electrons. The van der Waals surface area contributed by atoms with E-state index in [2.05, 4.69) is 5.32 Å². The molecule has 0 aliphatic carbocycles. The van der Waals surface area contributed by atoms with Crippen LogP contribution in [0, 0.1) is 11.6 Å². The lowest BCUT2D eigenvalue weighted by atomic mass is 9.96. The van der Waals surface area contributed by atoms with Gasteiger partial charge < -0.3 is 15.2 Å². The van der Waals surface area contributed by atoms with Crippen LogP contribution in [-0.4, -0.2) is 24.2 Å². The van der Waals surface area contributed by atoms with Crippen LogP contribution in [0.5, 0.6) is 5.75 Å². The minimum absolute atomic E-state index is 0.0587. The molecule has 1 aliphatic rings. The molecule has 0 aromatic heterocycles. The highest BCUT2D eigenvalue weighted by molar-refractivity contribution is 5.99. The van der Waals surface area contributed by atoms with Crippen LogP contribution >= 0.6 is 0 Å². The summed E-state index contributed by atoms with van der Waals surface area (Å²) in [6.45, 7) is 1.52. The molecular formula is C19H17F2NO3. The van der Waals surface area contributed by atoms with E-state index in [0.29, 0.717) is 22.4 Å². The maximum atomic E-state index is 13.3. The second kappa shape index (κ2) is 6.64. The Hall–Kier alpha value is -2.73. The zero-order valence-electron chi connectivity index (χ0n) is 13.6. The molecule has 1 amide bonds. The van der Waals surface area contributed by atoms with Gasteiger partial charge in [0.25, 0.3) is 5.91 Å². The van der Waals surface area contributed by atoms with Crippen LogP contribution in [-0.2, 0) is 10.4 Å². The van der Waals surface area contributed by atoms with E-state index in [0.717, 1.165) is 0 Å². The van der Waals surface area contributed by atoms with Crippen molar-refractivity contribution >= 4 is 12.0 Å². The first-order valence-electron chi connectivity index (χ1n) is 7.75. The number of hydrogen-bond acceptors (Lipinski definition) is 3. The fraction of sp³-hybridized carbons (Fsp3) is 0.211. The molecule has 4 nitrogen and oxygen atoms in total. The Bertz CT molecular complexity index is 829. The van der Waals surface area contributed by atoms with Gasteiger partial charge in [0.15, 0.2) is 0 Å². The lowest BCUT2D eigenvalue weighted by molar-refractivity contribution is -0.119. The highest BCUT2D eigenvalue weighted by Crippen LogP contribution is 2.27. The number of carbonyl (C=O) groups excluding carboxylic acids is 1. The molecule has 0 radical (unpaired) electrons. The zero-order chi connectivity index (χ0) is 18.0. The van der Waals surface area contributed by atoms with Crippen molar-refractivity contribution in [2.45, 2.75) is 12.5 Å². The molecule has 1 unspecified atom stereocenters. The predicted octanol–water partition coefficient (Wildman–Crippen LogP) is 2.76. The fourth-order valence-electron chi connectivity index (χ4n) is 2.56. The first-order valence-corrected chi connectivity index (χ1v) is 7.75. The summed E-state index contributed by atoms with van der Waals surface area (Å²) in [4.78, 5) is 12.3. The van der Waals surface area contributed by atoms with Gasteiger partial charge in [-0.05, 0) is 48.9 Å². The predicted molar refractivity (Wildman–Crippen MR) is 88.9 cm³/mol. The number of halogens is 2. The van der Waals surface area contributed by atoms with Gasteiger partial charge in [0.05, 0.1) is 12.1 Å². The summed E-state index contributed by atoms with van der Waals surface area (Å²) in [6.07, 6.45) is 1.56. The van der Waals surface area contributed by atoms with Crippen LogP contribution in [0.1, 0.15) is 18.1 Å². The van der Waals surface area contributed by atoms with Crippen molar-refractivity contribution in [2.75, 3.05) is 13.2 Å². The second-order valence-corrected chi connectivity index (χ2v) is 6.10. The van der Waals surface area contributed by atoms with Crippen molar-refractivity contribution in [3.63, 3.8) is 0 Å². The number of amides is 1. The Kier molecular flexibility index (Phi) is 4.55. The molecule has 0 saturated heterocycles. The van der Waals surface area contributed by atoms with Gasteiger partial charge in [0.2, 0.25) is 0 Å². The van der Waals surface area contributed by atoms with E-state index in [1.807, 2.05) is 0 Å². The fourth-order valence-corrected chi connectivity index (χ4v) is 2.56. The average Bonchev–Trinajstić information content (AvgIpc) is 2.59. The lowest BCUT2D eigenvalue weighted by Gasteiger charge is -2.25. The smallest absolute Gasteiger partial charge is 0.250 e. The molecule has 0 bridgehead atoms. The van der Waals surface area contributed by atoms with Crippen molar-refractivity contribution < 1.29 is 23.4 Å². The minimum Gasteiger partial charge on any atom is -0.488 e. The topological polar surface area (TPSA) is 58.6 Å². The van der Waals surface area contributed by atoms with Gasteiger partial charge in [-0.15, -0.1) is 0 Å². The highest BCUT2D eigenvalue weighted by Gasteiger charge is 2.25. The van der Waals surface area contributed by atoms with E-state index in [4.69, 9.17) is 4.74 Å². The molecular weight excluding hydrogens is 328 g/mol. The largest absolute Gasteiger partial charge is 0.488 e. The zero-order valence-corrected chi connectivity index (χ0v) is 13.6. The molecule has 0 saturated carbocycles. The summed E-state index contributed by atoms with van der Waals surface area (Å²) in [5.41, 5.74) is -0.0612.